The number of nitrogens with two attached hydrogens (primary N) is 1. The van der Waals surface area contributed by atoms with Crippen LogP contribution in [-0.2, 0) is 4.79 Å². The molecular formula is C27H51N2O+. The molecule has 3 nitrogen and oxygen atoms in total. The molecule has 1 heterocycles. The van der Waals surface area contributed by atoms with Gasteiger partial charge in [0.05, 0.1) is 18.0 Å². The van der Waals surface area contributed by atoms with Crippen LogP contribution < -0.4 is 10.6 Å². The number of hydrogen-bond donors (Lipinski definition) is 2. The fraction of sp³-hybridized carbons (Fsp3) is 0.963. The van der Waals surface area contributed by atoms with Gasteiger partial charge >= 0.3 is 0 Å². The zero-order valence-electron chi connectivity index (χ0n) is 20.4. The molecule has 30 heavy (non-hydrogen) atoms. The quantitative estimate of drug-likeness (QED) is 0.417. The van der Waals surface area contributed by atoms with Crippen LogP contribution in [0.25, 0.3) is 0 Å². The van der Waals surface area contributed by atoms with E-state index in [0.29, 0.717) is 23.8 Å². The second-order valence-electron chi connectivity index (χ2n) is 11.7. The molecule has 1 saturated heterocycles. The molecule has 3 aliphatic rings. The van der Waals surface area contributed by atoms with Crippen LogP contribution in [0.5, 0.6) is 0 Å². The molecule has 3 heteroatoms. The third-order valence-corrected chi connectivity index (χ3v) is 8.40. The van der Waals surface area contributed by atoms with E-state index < -0.39 is 0 Å². The van der Waals surface area contributed by atoms with Crippen molar-refractivity contribution in [1.29, 1.82) is 0 Å². The number of nitrogens with one attached hydrogen (secondary N) is 1. The van der Waals surface area contributed by atoms with E-state index in [1.165, 1.54) is 96.3 Å². The molecule has 0 aromatic carbocycles. The van der Waals surface area contributed by atoms with Crippen LogP contribution in [0, 0.1) is 17.3 Å². The highest BCUT2D eigenvalue weighted by molar-refractivity contribution is 5.84. The first kappa shape index (κ1) is 24.2. The predicted octanol–water partition coefficient (Wildman–Crippen LogP) is 5.38. The molecule has 0 aromatic rings. The van der Waals surface area contributed by atoms with Gasteiger partial charge in [-0.2, -0.15) is 0 Å². The van der Waals surface area contributed by atoms with E-state index in [1.807, 2.05) is 0 Å². The topological polar surface area (TPSA) is 45.7 Å². The summed E-state index contributed by atoms with van der Waals surface area (Å²) >= 11 is 0. The molecule has 174 valence electrons. The van der Waals surface area contributed by atoms with Crippen molar-refractivity contribution in [2.45, 2.75) is 142 Å². The lowest BCUT2D eigenvalue weighted by atomic mass is 9.61. The van der Waals surface area contributed by atoms with Crippen LogP contribution in [0.2, 0.25) is 0 Å². The summed E-state index contributed by atoms with van der Waals surface area (Å²) in [5.41, 5.74) is 0.192. The Kier molecular flexibility index (Phi) is 9.69. The van der Waals surface area contributed by atoms with Crippen molar-refractivity contribution in [3.05, 3.63) is 0 Å². The van der Waals surface area contributed by atoms with Gasteiger partial charge < -0.3 is 10.6 Å². The third kappa shape index (κ3) is 6.79. The zero-order valence-corrected chi connectivity index (χ0v) is 20.4. The number of carbonyl (C=O) groups excluding carboxylic acids is 1. The summed E-state index contributed by atoms with van der Waals surface area (Å²) in [6.45, 7) is 8.01. The Morgan fingerprint density at radius 1 is 0.900 bits per heavy atom. The van der Waals surface area contributed by atoms with Crippen LogP contribution in [0.3, 0.4) is 0 Å². The van der Waals surface area contributed by atoms with Gasteiger partial charge in [-0.25, -0.2) is 0 Å². The first-order valence-corrected chi connectivity index (χ1v) is 13.6. The van der Waals surface area contributed by atoms with E-state index in [0.717, 1.165) is 19.0 Å². The zero-order chi connectivity index (χ0) is 21.4. The smallest absolute Gasteiger partial charge is 0.144 e. The van der Waals surface area contributed by atoms with Crippen LogP contribution in [0.4, 0.5) is 0 Å². The molecule has 5 atom stereocenters. The lowest BCUT2D eigenvalue weighted by molar-refractivity contribution is -0.747. The van der Waals surface area contributed by atoms with E-state index >= 15 is 0 Å². The summed E-state index contributed by atoms with van der Waals surface area (Å²) in [5.74, 6) is 1.53. The SMILES string of the molecule is CCCCCCCCCCCCNC1C2CCCCC2[NH2+]C2CC(C)(C)CC(=O)C21. The molecule has 3 rings (SSSR count). The molecule has 3 N–H and O–H groups in total. The molecule has 0 amide bonds. The average Bonchev–Trinajstić information content (AvgIpc) is 2.70. The van der Waals surface area contributed by atoms with Crippen LogP contribution in [-0.4, -0.2) is 30.5 Å². The molecule has 0 spiro atoms. The summed E-state index contributed by atoms with van der Waals surface area (Å²) in [7, 11) is 0. The maximum Gasteiger partial charge on any atom is 0.144 e. The maximum atomic E-state index is 13.2. The van der Waals surface area contributed by atoms with Crippen molar-refractivity contribution in [2.75, 3.05) is 6.54 Å². The molecule has 0 radical (unpaired) electrons. The van der Waals surface area contributed by atoms with Gasteiger partial charge in [0, 0.05) is 24.8 Å². The Hall–Kier alpha value is -0.410. The van der Waals surface area contributed by atoms with Gasteiger partial charge in [-0.1, -0.05) is 85.0 Å². The molecule has 0 bridgehead atoms. The van der Waals surface area contributed by atoms with Gasteiger partial charge in [0.15, 0.2) is 0 Å². The monoisotopic (exact) mass is 419 g/mol. The summed E-state index contributed by atoms with van der Waals surface area (Å²) in [6.07, 6.45) is 21.3. The number of quaternary nitrogens is 1. The van der Waals surface area contributed by atoms with E-state index in [1.54, 1.807) is 0 Å². The van der Waals surface area contributed by atoms with Gasteiger partial charge in [0.25, 0.3) is 0 Å². The minimum atomic E-state index is 0.192. The largest absolute Gasteiger partial charge is 0.340 e. The number of unbranched alkanes of at least 4 members (excludes halogenated alkanes) is 9. The minimum absolute atomic E-state index is 0.192. The van der Waals surface area contributed by atoms with Gasteiger partial charge in [0.1, 0.15) is 5.78 Å². The van der Waals surface area contributed by atoms with E-state index in [4.69, 9.17) is 0 Å². The standard InChI is InChI=1S/C27H50N2O/c1-4-5-6-7-8-9-10-11-12-15-18-28-26-21-16-13-14-17-22(21)29-23-19-27(2,3)20-24(30)25(23)26/h21-23,25-26,28-29H,4-20H2,1-3H3/p+1. The highest BCUT2D eigenvalue weighted by Crippen LogP contribution is 2.41. The molecule has 0 aromatic heterocycles. The van der Waals surface area contributed by atoms with Crippen LogP contribution in [0.1, 0.15) is 124 Å². The number of Topliss-reactive ketones (excluding diaryl/α,β-unsaturated/α-hetero) is 1. The van der Waals surface area contributed by atoms with Crippen molar-refractivity contribution < 1.29 is 10.1 Å². The van der Waals surface area contributed by atoms with Gasteiger partial charge in [-0.05, 0) is 37.6 Å². The van der Waals surface area contributed by atoms with Crippen LogP contribution in [0.15, 0.2) is 0 Å². The highest BCUT2D eigenvalue weighted by Gasteiger charge is 2.54. The molecule has 3 fully saturated rings. The number of piperidine rings is 1. The summed E-state index contributed by atoms with van der Waals surface area (Å²) < 4.78 is 0. The lowest BCUT2D eigenvalue weighted by Crippen LogP contribution is -3.02. The Labute approximate surface area is 186 Å². The van der Waals surface area contributed by atoms with E-state index in [2.05, 4.69) is 31.4 Å². The predicted molar refractivity (Wildman–Crippen MR) is 127 cm³/mol. The summed E-state index contributed by atoms with van der Waals surface area (Å²) in [6, 6.07) is 1.73. The Morgan fingerprint density at radius 2 is 1.53 bits per heavy atom. The van der Waals surface area contributed by atoms with Gasteiger partial charge in [-0.3, -0.25) is 4.79 Å². The lowest BCUT2D eigenvalue weighted by Gasteiger charge is -2.51. The fourth-order valence-electron chi connectivity index (χ4n) is 6.94. The molecule has 1 aliphatic heterocycles. The number of fused-ring (bicyclic) bond motifs is 2. The van der Waals surface area contributed by atoms with Crippen molar-refractivity contribution in [3.63, 3.8) is 0 Å². The Morgan fingerprint density at radius 3 is 2.23 bits per heavy atom. The first-order valence-electron chi connectivity index (χ1n) is 13.6. The van der Waals surface area contributed by atoms with Crippen molar-refractivity contribution >= 4 is 5.78 Å². The molecule has 2 saturated carbocycles. The normalized spacial score (nSPS) is 33.2. The van der Waals surface area contributed by atoms with Crippen LogP contribution >= 0.6 is 0 Å². The first-order chi connectivity index (χ1) is 14.5. The number of hydrogen-bond acceptors (Lipinski definition) is 2. The summed E-state index contributed by atoms with van der Waals surface area (Å²) in [5, 5.41) is 6.61. The van der Waals surface area contributed by atoms with E-state index in [9.17, 15) is 4.79 Å². The second kappa shape index (κ2) is 12.0. The number of carbonyl (C=O) groups is 1. The van der Waals surface area contributed by atoms with Crippen molar-refractivity contribution in [2.24, 2.45) is 17.3 Å². The number of ketones is 1. The minimum Gasteiger partial charge on any atom is -0.340 e. The average molecular weight is 420 g/mol. The Balaban J connectivity index is 1.41. The molecular weight excluding hydrogens is 368 g/mol. The maximum absolute atomic E-state index is 13.2. The third-order valence-electron chi connectivity index (χ3n) is 8.40. The van der Waals surface area contributed by atoms with Gasteiger partial charge in [-0.15, -0.1) is 0 Å². The van der Waals surface area contributed by atoms with Crippen molar-refractivity contribution in [1.82, 2.24) is 5.32 Å². The van der Waals surface area contributed by atoms with Crippen molar-refractivity contribution in [3.8, 4) is 0 Å². The van der Waals surface area contributed by atoms with E-state index in [-0.39, 0.29) is 11.3 Å². The summed E-state index contributed by atoms with van der Waals surface area (Å²) in [4.78, 5) is 13.2. The molecule has 2 aliphatic carbocycles. The highest BCUT2D eigenvalue weighted by atomic mass is 16.1. The number of rotatable bonds is 12. The second-order valence-corrected chi connectivity index (χ2v) is 11.7. The van der Waals surface area contributed by atoms with Gasteiger partial charge in [0.2, 0.25) is 0 Å². The molecule has 5 unspecified atom stereocenters. The fourth-order valence-corrected chi connectivity index (χ4v) is 6.94. The Bertz CT molecular complexity index is 517.